The fourth-order valence-electron chi connectivity index (χ4n) is 1.36. The Morgan fingerprint density at radius 2 is 2.15 bits per heavy atom. The minimum atomic E-state index is 0.233. The standard InChI is InChI=1S/C11H14BrN/c1-4-11(13-3)9-5-8(2)6-10(12)7-9/h4-7,11,13H,1H2,2-3H3. The van der Waals surface area contributed by atoms with E-state index in [0.717, 1.165) is 4.47 Å². The summed E-state index contributed by atoms with van der Waals surface area (Å²) in [6.45, 7) is 5.88. The third-order valence-corrected chi connectivity index (χ3v) is 2.43. The Hall–Kier alpha value is -0.600. The summed E-state index contributed by atoms with van der Waals surface area (Å²) in [5.74, 6) is 0. The van der Waals surface area contributed by atoms with Crippen molar-refractivity contribution in [2.75, 3.05) is 7.05 Å². The number of rotatable bonds is 3. The van der Waals surface area contributed by atoms with Gasteiger partial charge in [-0.1, -0.05) is 28.1 Å². The Morgan fingerprint density at radius 3 is 2.62 bits per heavy atom. The topological polar surface area (TPSA) is 12.0 Å². The smallest absolute Gasteiger partial charge is 0.0501 e. The monoisotopic (exact) mass is 239 g/mol. The van der Waals surface area contributed by atoms with Gasteiger partial charge in [-0.15, -0.1) is 6.58 Å². The van der Waals surface area contributed by atoms with Crippen LogP contribution in [0.25, 0.3) is 0 Å². The summed E-state index contributed by atoms with van der Waals surface area (Å²) in [5.41, 5.74) is 2.50. The highest BCUT2D eigenvalue weighted by Gasteiger charge is 2.04. The van der Waals surface area contributed by atoms with Gasteiger partial charge in [0.25, 0.3) is 0 Å². The first-order valence-electron chi connectivity index (χ1n) is 4.24. The molecule has 0 heterocycles. The molecule has 0 spiro atoms. The predicted octanol–water partition coefficient (Wildman–Crippen LogP) is 3.20. The summed E-state index contributed by atoms with van der Waals surface area (Å²) < 4.78 is 1.12. The normalized spacial score (nSPS) is 12.5. The number of likely N-dealkylation sites (N-methyl/N-ethyl adjacent to an activating group) is 1. The second kappa shape index (κ2) is 4.58. The second-order valence-electron chi connectivity index (χ2n) is 3.06. The number of nitrogens with one attached hydrogen (secondary N) is 1. The molecule has 0 aromatic heterocycles. The van der Waals surface area contributed by atoms with Gasteiger partial charge in [-0.2, -0.15) is 0 Å². The average Bonchev–Trinajstić information content (AvgIpc) is 2.04. The number of hydrogen-bond donors (Lipinski definition) is 1. The SMILES string of the molecule is C=CC(NC)c1cc(C)cc(Br)c1. The zero-order valence-electron chi connectivity index (χ0n) is 7.97. The van der Waals surface area contributed by atoms with E-state index in [1.54, 1.807) is 0 Å². The third-order valence-electron chi connectivity index (χ3n) is 1.97. The van der Waals surface area contributed by atoms with Gasteiger partial charge in [-0.25, -0.2) is 0 Å². The summed E-state index contributed by atoms with van der Waals surface area (Å²) >= 11 is 3.48. The lowest BCUT2D eigenvalue weighted by Crippen LogP contribution is -2.13. The molecule has 0 saturated heterocycles. The van der Waals surface area contributed by atoms with Gasteiger partial charge in [0.1, 0.15) is 0 Å². The van der Waals surface area contributed by atoms with E-state index < -0.39 is 0 Å². The Kier molecular flexibility index (Phi) is 3.70. The van der Waals surface area contributed by atoms with E-state index in [1.165, 1.54) is 11.1 Å². The van der Waals surface area contributed by atoms with Crippen molar-refractivity contribution in [2.24, 2.45) is 0 Å². The second-order valence-corrected chi connectivity index (χ2v) is 3.98. The number of hydrogen-bond acceptors (Lipinski definition) is 1. The molecule has 70 valence electrons. The molecule has 0 aliphatic carbocycles. The summed E-state index contributed by atoms with van der Waals surface area (Å²) in [4.78, 5) is 0. The van der Waals surface area contributed by atoms with Crippen LogP contribution in [0.5, 0.6) is 0 Å². The lowest BCUT2D eigenvalue weighted by atomic mass is 10.0. The number of aryl methyl sites for hydroxylation is 1. The van der Waals surface area contributed by atoms with E-state index in [4.69, 9.17) is 0 Å². The first kappa shape index (κ1) is 10.5. The van der Waals surface area contributed by atoms with Crippen molar-refractivity contribution < 1.29 is 0 Å². The Labute approximate surface area is 88.0 Å². The molecule has 1 rings (SSSR count). The fraction of sp³-hybridized carbons (Fsp3) is 0.273. The molecule has 0 radical (unpaired) electrons. The van der Waals surface area contributed by atoms with E-state index in [2.05, 4.69) is 52.9 Å². The largest absolute Gasteiger partial charge is 0.310 e. The van der Waals surface area contributed by atoms with Crippen molar-refractivity contribution in [3.8, 4) is 0 Å². The Bertz CT molecular complexity index is 287. The van der Waals surface area contributed by atoms with Crippen LogP contribution in [-0.4, -0.2) is 7.05 Å². The van der Waals surface area contributed by atoms with Gasteiger partial charge in [-0.05, 0) is 37.2 Å². The van der Waals surface area contributed by atoms with Gasteiger partial charge in [0.05, 0.1) is 6.04 Å². The molecule has 0 saturated carbocycles. The van der Waals surface area contributed by atoms with Crippen molar-refractivity contribution in [3.63, 3.8) is 0 Å². The first-order valence-corrected chi connectivity index (χ1v) is 5.03. The Balaban J connectivity index is 3.05. The minimum Gasteiger partial charge on any atom is -0.310 e. The molecular formula is C11H14BrN. The zero-order valence-corrected chi connectivity index (χ0v) is 9.56. The lowest BCUT2D eigenvalue weighted by molar-refractivity contribution is 0.715. The fourth-order valence-corrected chi connectivity index (χ4v) is 1.99. The highest BCUT2D eigenvalue weighted by molar-refractivity contribution is 9.10. The average molecular weight is 240 g/mol. The zero-order chi connectivity index (χ0) is 9.84. The summed E-state index contributed by atoms with van der Waals surface area (Å²) in [5, 5.41) is 3.18. The molecule has 0 bridgehead atoms. The van der Waals surface area contributed by atoms with E-state index >= 15 is 0 Å². The summed E-state index contributed by atoms with van der Waals surface area (Å²) in [6.07, 6.45) is 1.90. The van der Waals surface area contributed by atoms with Crippen molar-refractivity contribution in [3.05, 3.63) is 46.5 Å². The molecule has 0 aliphatic heterocycles. The van der Waals surface area contributed by atoms with Crippen molar-refractivity contribution in [2.45, 2.75) is 13.0 Å². The van der Waals surface area contributed by atoms with Crippen LogP contribution >= 0.6 is 15.9 Å². The van der Waals surface area contributed by atoms with Crippen molar-refractivity contribution in [1.82, 2.24) is 5.32 Å². The van der Waals surface area contributed by atoms with Crippen molar-refractivity contribution >= 4 is 15.9 Å². The number of benzene rings is 1. The number of halogens is 1. The van der Waals surface area contributed by atoms with Crippen molar-refractivity contribution in [1.29, 1.82) is 0 Å². The molecular weight excluding hydrogens is 226 g/mol. The molecule has 2 heteroatoms. The molecule has 0 amide bonds. The minimum absolute atomic E-state index is 0.233. The van der Waals surface area contributed by atoms with Crippen LogP contribution in [0.15, 0.2) is 35.3 Å². The lowest BCUT2D eigenvalue weighted by Gasteiger charge is -2.12. The molecule has 0 fully saturated rings. The van der Waals surface area contributed by atoms with E-state index in [-0.39, 0.29) is 6.04 Å². The maximum Gasteiger partial charge on any atom is 0.0501 e. The third kappa shape index (κ3) is 2.68. The van der Waals surface area contributed by atoms with Crippen LogP contribution in [-0.2, 0) is 0 Å². The predicted molar refractivity (Wildman–Crippen MR) is 60.9 cm³/mol. The maximum atomic E-state index is 3.79. The first-order chi connectivity index (χ1) is 6.17. The van der Waals surface area contributed by atoms with Gasteiger partial charge < -0.3 is 5.32 Å². The van der Waals surface area contributed by atoms with Gasteiger partial charge in [-0.3, -0.25) is 0 Å². The Morgan fingerprint density at radius 1 is 1.46 bits per heavy atom. The molecule has 1 unspecified atom stereocenters. The molecule has 0 aliphatic rings. The van der Waals surface area contributed by atoms with Gasteiger partial charge in [0.15, 0.2) is 0 Å². The molecule has 1 aromatic rings. The quantitative estimate of drug-likeness (QED) is 0.800. The van der Waals surface area contributed by atoms with E-state index in [1.807, 2.05) is 13.1 Å². The van der Waals surface area contributed by atoms with Crippen LogP contribution in [0.2, 0.25) is 0 Å². The van der Waals surface area contributed by atoms with E-state index in [9.17, 15) is 0 Å². The molecule has 1 aromatic carbocycles. The van der Waals surface area contributed by atoms with Crippen LogP contribution in [0.3, 0.4) is 0 Å². The maximum absolute atomic E-state index is 3.79. The van der Waals surface area contributed by atoms with Gasteiger partial charge in [0, 0.05) is 4.47 Å². The van der Waals surface area contributed by atoms with E-state index in [0.29, 0.717) is 0 Å². The van der Waals surface area contributed by atoms with Gasteiger partial charge >= 0.3 is 0 Å². The van der Waals surface area contributed by atoms with Crippen LogP contribution in [0, 0.1) is 6.92 Å². The summed E-state index contributed by atoms with van der Waals surface area (Å²) in [7, 11) is 1.93. The molecule has 1 N–H and O–H groups in total. The summed E-state index contributed by atoms with van der Waals surface area (Å²) in [6, 6.07) is 6.60. The van der Waals surface area contributed by atoms with Crippen LogP contribution < -0.4 is 5.32 Å². The van der Waals surface area contributed by atoms with Crippen LogP contribution in [0.4, 0.5) is 0 Å². The molecule has 13 heavy (non-hydrogen) atoms. The highest BCUT2D eigenvalue weighted by Crippen LogP contribution is 2.20. The van der Waals surface area contributed by atoms with Crippen LogP contribution in [0.1, 0.15) is 17.2 Å². The van der Waals surface area contributed by atoms with Gasteiger partial charge in [0.2, 0.25) is 0 Å². The molecule has 1 atom stereocenters. The molecule has 1 nitrogen and oxygen atoms in total. The highest BCUT2D eigenvalue weighted by atomic mass is 79.9.